The minimum Gasteiger partial charge on any atom is -0.309 e. The maximum absolute atomic E-state index is 5.95. The molecule has 0 spiro atoms. The summed E-state index contributed by atoms with van der Waals surface area (Å²) in [6.07, 6.45) is 3.78. The molecule has 1 unspecified atom stereocenters. The van der Waals surface area contributed by atoms with Crippen molar-refractivity contribution in [1.82, 2.24) is 5.32 Å². The van der Waals surface area contributed by atoms with Crippen LogP contribution < -0.4 is 5.32 Å². The van der Waals surface area contributed by atoms with Crippen molar-refractivity contribution in [3.05, 3.63) is 35.9 Å². The van der Waals surface area contributed by atoms with Gasteiger partial charge in [0.25, 0.3) is 0 Å². The van der Waals surface area contributed by atoms with Crippen molar-refractivity contribution >= 4 is 11.6 Å². The van der Waals surface area contributed by atoms with Crippen LogP contribution in [0.3, 0.4) is 0 Å². The molecule has 1 nitrogen and oxygen atoms in total. The van der Waals surface area contributed by atoms with E-state index in [-0.39, 0.29) is 0 Å². The summed E-state index contributed by atoms with van der Waals surface area (Å²) in [5.41, 5.74) is 1.28. The van der Waals surface area contributed by atoms with E-state index >= 15 is 0 Å². The van der Waals surface area contributed by atoms with Gasteiger partial charge in [-0.2, -0.15) is 0 Å². The van der Waals surface area contributed by atoms with Gasteiger partial charge in [0.05, 0.1) is 0 Å². The van der Waals surface area contributed by atoms with Crippen LogP contribution in [0.5, 0.6) is 0 Å². The predicted molar refractivity (Wildman–Crippen MR) is 67.4 cm³/mol. The van der Waals surface area contributed by atoms with Crippen LogP contribution >= 0.6 is 11.6 Å². The molecule has 1 N–H and O–H groups in total. The third-order valence-corrected chi connectivity index (χ3v) is 2.84. The van der Waals surface area contributed by atoms with Crippen LogP contribution in [-0.4, -0.2) is 12.4 Å². The van der Waals surface area contributed by atoms with Gasteiger partial charge in [-0.1, -0.05) is 50.1 Å². The Kier molecular flexibility index (Phi) is 6.45. The van der Waals surface area contributed by atoms with E-state index in [1.807, 2.05) is 6.07 Å². The maximum Gasteiger partial charge on any atom is 0.0457 e. The van der Waals surface area contributed by atoms with Gasteiger partial charge in [-0.15, -0.1) is 11.6 Å². The van der Waals surface area contributed by atoms with Gasteiger partial charge < -0.3 is 5.32 Å². The molecular formula is C13H20ClN. The number of nitrogens with one attached hydrogen (secondary N) is 1. The lowest BCUT2D eigenvalue weighted by atomic mass is 10.1. The molecule has 15 heavy (non-hydrogen) atoms. The Morgan fingerprint density at radius 2 is 1.93 bits per heavy atom. The molecule has 0 saturated heterocycles. The first-order valence-corrected chi connectivity index (χ1v) is 6.26. The highest BCUT2D eigenvalue weighted by molar-refractivity contribution is 6.18. The first-order valence-electron chi connectivity index (χ1n) is 5.72. The molecule has 0 saturated carbocycles. The summed E-state index contributed by atoms with van der Waals surface area (Å²) >= 11 is 5.95. The zero-order chi connectivity index (χ0) is 10.9. The van der Waals surface area contributed by atoms with E-state index in [0.29, 0.717) is 11.9 Å². The lowest BCUT2D eigenvalue weighted by Gasteiger charge is -2.16. The van der Waals surface area contributed by atoms with E-state index in [2.05, 4.69) is 36.5 Å². The topological polar surface area (TPSA) is 12.0 Å². The number of benzene rings is 1. The predicted octanol–water partition coefficient (Wildman–Crippen LogP) is 3.75. The number of alkyl halides is 1. The molecule has 1 aromatic carbocycles. The minimum atomic E-state index is 0.296. The summed E-state index contributed by atoms with van der Waals surface area (Å²) in [4.78, 5) is 0. The van der Waals surface area contributed by atoms with Crippen molar-refractivity contribution < 1.29 is 0 Å². The Labute approximate surface area is 97.8 Å². The van der Waals surface area contributed by atoms with Gasteiger partial charge in [0.2, 0.25) is 0 Å². The molecule has 0 aliphatic rings. The average molecular weight is 226 g/mol. The van der Waals surface area contributed by atoms with Crippen molar-refractivity contribution in [2.24, 2.45) is 0 Å². The molecule has 84 valence electrons. The van der Waals surface area contributed by atoms with E-state index in [9.17, 15) is 0 Å². The fourth-order valence-corrected chi connectivity index (χ4v) is 1.89. The summed E-state index contributed by atoms with van der Waals surface area (Å²) in [5.74, 6) is 0.635. The molecule has 0 fully saturated rings. The molecule has 0 aliphatic carbocycles. The van der Waals surface area contributed by atoms with Crippen molar-refractivity contribution in [2.45, 2.75) is 32.2 Å². The lowest BCUT2D eigenvalue weighted by molar-refractivity contribution is 0.547. The van der Waals surface area contributed by atoms with Crippen molar-refractivity contribution in [2.75, 3.05) is 12.4 Å². The Bertz CT molecular complexity index is 248. The summed E-state index contributed by atoms with van der Waals surface area (Å²) in [6, 6.07) is 10.7. The summed E-state index contributed by atoms with van der Waals surface area (Å²) in [7, 11) is 0. The maximum atomic E-state index is 5.95. The van der Waals surface area contributed by atoms with Crippen LogP contribution in [0.2, 0.25) is 0 Å². The van der Waals surface area contributed by atoms with Crippen molar-refractivity contribution in [1.29, 1.82) is 0 Å². The van der Waals surface area contributed by atoms with Crippen molar-refractivity contribution in [3.8, 4) is 0 Å². The number of rotatable bonds is 7. The SMILES string of the molecule is CCCCCNC(CCl)c1ccccc1. The largest absolute Gasteiger partial charge is 0.309 e. The third kappa shape index (κ3) is 4.67. The normalized spacial score (nSPS) is 12.7. The van der Waals surface area contributed by atoms with Gasteiger partial charge >= 0.3 is 0 Å². The Balaban J connectivity index is 2.36. The van der Waals surface area contributed by atoms with E-state index in [0.717, 1.165) is 6.54 Å². The van der Waals surface area contributed by atoms with Crippen LogP contribution in [0.15, 0.2) is 30.3 Å². The number of halogens is 1. The first kappa shape index (κ1) is 12.5. The molecule has 1 rings (SSSR count). The van der Waals surface area contributed by atoms with Crippen LogP contribution in [0, 0.1) is 0 Å². The van der Waals surface area contributed by atoms with Crippen LogP contribution in [0.1, 0.15) is 37.8 Å². The van der Waals surface area contributed by atoms with E-state index in [1.54, 1.807) is 0 Å². The molecule has 2 heteroatoms. The van der Waals surface area contributed by atoms with Crippen molar-refractivity contribution in [3.63, 3.8) is 0 Å². The van der Waals surface area contributed by atoms with Crippen LogP contribution in [0.4, 0.5) is 0 Å². The smallest absolute Gasteiger partial charge is 0.0457 e. The van der Waals surface area contributed by atoms with Crippen LogP contribution in [0.25, 0.3) is 0 Å². The number of hydrogen-bond acceptors (Lipinski definition) is 1. The fourth-order valence-electron chi connectivity index (χ4n) is 1.60. The van der Waals surface area contributed by atoms with E-state index < -0.39 is 0 Å². The standard InChI is InChI=1S/C13H20ClN/c1-2-3-7-10-15-13(11-14)12-8-5-4-6-9-12/h4-6,8-9,13,15H,2-3,7,10-11H2,1H3. The Morgan fingerprint density at radius 1 is 1.20 bits per heavy atom. The Hall–Kier alpha value is -0.530. The molecule has 0 radical (unpaired) electrons. The molecular weight excluding hydrogens is 206 g/mol. The summed E-state index contributed by atoms with van der Waals surface area (Å²) in [5, 5.41) is 3.49. The monoisotopic (exact) mass is 225 g/mol. The van der Waals surface area contributed by atoms with E-state index in [4.69, 9.17) is 11.6 Å². The fraction of sp³-hybridized carbons (Fsp3) is 0.538. The van der Waals surface area contributed by atoms with Gasteiger partial charge in [0.1, 0.15) is 0 Å². The molecule has 0 heterocycles. The zero-order valence-corrected chi connectivity index (χ0v) is 10.1. The Morgan fingerprint density at radius 3 is 2.53 bits per heavy atom. The van der Waals surface area contributed by atoms with Gasteiger partial charge in [0, 0.05) is 11.9 Å². The molecule has 0 bridgehead atoms. The highest BCUT2D eigenvalue weighted by atomic mass is 35.5. The second-order valence-corrected chi connectivity index (χ2v) is 4.09. The highest BCUT2D eigenvalue weighted by Crippen LogP contribution is 2.13. The number of unbranched alkanes of at least 4 members (excludes halogenated alkanes) is 2. The van der Waals surface area contributed by atoms with E-state index in [1.165, 1.54) is 24.8 Å². The summed E-state index contributed by atoms with van der Waals surface area (Å²) in [6.45, 7) is 3.27. The minimum absolute atomic E-state index is 0.296. The quantitative estimate of drug-likeness (QED) is 0.551. The highest BCUT2D eigenvalue weighted by Gasteiger charge is 2.07. The summed E-state index contributed by atoms with van der Waals surface area (Å²) < 4.78 is 0. The van der Waals surface area contributed by atoms with Crippen LogP contribution in [-0.2, 0) is 0 Å². The third-order valence-electron chi connectivity index (χ3n) is 2.53. The van der Waals surface area contributed by atoms with Gasteiger partial charge in [-0.25, -0.2) is 0 Å². The number of hydrogen-bond donors (Lipinski definition) is 1. The molecule has 0 aliphatic heterocycles. The molecule has 1 aromatic rings. The van der Waals surface area contributed by atoms with Gasteiger partial charge in [-0.05, 0) is 18.5 Å². The van der Waals surface area contributed by atoms with Gasteiger partial charge in [0.15, 0.2) is 0 Å². The average Bonchev–Trinajstić information content (AvgIpc) is 2.30. The second kappa shape index (κ2) is 7.72. The lowest BCUT2D eigenvalue weighted by Crippen LogP contribution is -2.23. The molecule has 0 amide bonds. The second-order valence-electron chi connectivity index (χ2n) is 3.78. The molecule has 1 atom stereocenters. The molecule has 0 aromatic heterocycles. The zero-order valence-electron chi connectivity index (χ0n) is 9.38. The first-order chi connectivity index (χ1) is 7.38. The van der Waals surface area contributed by atoms with Gasteiger partial charge in [-0.3, -0.25) is 0 Å².